The van der Waals surface area contributed by atoms with E-state index in [2.05, 4.69) is 23.9 Å². The molecule has 6 nitrogen and oxygen atoms in total. The third kappa shape index (κ3) is 5.09. The monoisotopic (exact) mass is 510 g/mol. The quantitative estimate of drug-likeness (QED) is 0.286. The number of carbonyl (C=O) groups is 1. The molecule has 2 aromatic heterocycles. The van der Waals surface area contributed by atoms with Crippen LogP contribution in [-0.4, -0.2) is 20.5 Å². The minimum Gasteiger partial charge on any atom is -0.450 e. The summed E-state index contributed by atoms with van der Waals surface area (Å²) in [5.41, 5.74) is 4.51. The number of hydrogen-bond acceptors (Lipinski definition) is 5. The average molecular weight is 511 g/mol. The molecule has 0 saturated heterocycles. The third-order valence-corrected chi connectivity index (χ3v) is 6.43. The fourth-order valence-corrected chi connectivity index (χ4v) is 4.46. The molecule has 8 heteroatoms. The van der Waals surface area contributed by atoms with Gasteiger partial charge in [0.05, 0.1) is 29.1 Å². The number of halogens is 2. The van der Waals surface area contributed by atoms with Gasteiger partial charge in [-0.15, -0.1) is 0 Å². The van der Waals surface area contributed by atoms with Gasteiger partial charge in [0.25, 0.3) is 0 Å². The standard InChI is InChI=1S/C30H24F2N4O2/c1-18(2)36-17-23(16-35-36)26-9-7-20(15-34-26)10-19-6-8-22-4-3-5-28(29(22)27(37)13-19)38-30-24(31)11-21(14-33)12-25(30)32/h3-5,7,9,11-13,15-18H,6,8,10H2,1-2H3. The molecule has 0 atom stereocenters. The predicted molar refractivity (Wildman–Crippen MR) is 138 cm³/mol. The first-order valence-corrected chi connectivity index (χ1v) is 12.2. The maximum absolute atomic E-state index is 14.4. The molecule has 190 valence electrons. The summed E-state index contributed by atoms with van der Waals surface area (Å²) in [4.78, 5) is 17.9. The molecule has 0 fully saturated rings. The Morgan fingerprint density at radius 3 is 2.55 bits per heavy atom. The van der Waals surface area contributed by atoms with Crippen LogP contribution in [0.2, 0.25) is 0 Å². The molecule has 1 aliphatic carbocycles. The van der Waals surface area contributed by atoms with Gasteiger partial charge in [-0.1, -0.05) is 23.8 Å². The van der Waals surface area contributed by atoms with Crippen LogP contribution in [0.15, 0.2) is 72.7 Å². The molecule has 0 bridgehead atoms. The number of ketones is 1. The number of hydrogen-bond donors (Lipinski definition) is 0. The third-order valence-electron chi connectivity index (χ3n) is 6.43. The number of pyridine rings is 1. The van der Waals surface area contributed by atoms with Crippen molar-refractivity contribution in [2.75, 3.05) is 0 Å². The number of fused-ring (bicyclic) bond motifs is 1. The SMILES string of the molecule is CC(C)n1cc(-c2ccc(CC3=CC(=O)c4c(cccc4Oc4c(F)cc(C#N)cc4F)CC3)cn2)cn1. The van der Waals surface area contributed by atoms with Crippen molar-refractivity contribution in [3.63, 3.8) is 0 Å². The van der Waals surface area contributed by atoms with E-state index in [0.717, 1.165) is 40.1 Å². The van der Waals surface area contributed by atoms with E-state index in [1.165, 1.54) is 6.07 Å². The highest BCUT2D eigenvalue weighted by molar-refractivity contribution is 6.08. The second-order valence-electron chi connectivity index (χ2n) is 9.47. The van der Waals surface area contributed by atoms with Crippen LogP contribution in [-0.2, 0) is 12.8 Å². The molecule has 38 heavy (non-hydrogen) atoms. The summed E-state index contributed by atoms with van der Waals surface area (Å²) in [5.74, 6) is -2.89. The van der Waals surface area contributed by atoms with Crippen LogP contribution in [0.4, 0.5) is 8.78 Å². The van der Waals surface area contributed by atoms with Crippen LogP contribution in [0.5, 0.6) is 11.5 Å². The van der Waals surface area contributed by atoms with Gasteiger partial charge in [0.2, 0.25) is 0 Å². The van der Waals surface area contributed by atoms with Gasteiger partial charge in [0, 0.05) is 24.0 Å². The second-order valence-corrected chi connectivity index (χ2v) is 9.47. The zero-order valence-corrected chi connectivity index (χ0v) is 20.9. The molecule has 4 aromatic rings. The molecule has 2 aromatic carbocycles. The highest BCUT2D eigenvalue weighted by Crippen LogP contribution is 2.35. The number of rotatable bonds is 6. The zero-order chi connectivity index (χ0) is 26.8. The topological polar surface area (TPSA) is 80.8 Å². The molecule has 1 aliphatic rings. The Hall–Kier alpha value is -4.64. The number of nitrogens with zero attached hydrogens (tertiary/aromatic N) is 4. The van der Waals surface area contributed by atoms with Gasteiger partial charge in [-0.2, -0.15) is 10.4 Å². The van der Waals surface area contributed by atoms with Gasteiger partial charge in [-0.3, -0.25) is 14.5 Å². The maximum Gasteiger partial charge on any atom is 0.198 e. The molecule has 0 unspecified atom stereocenters. The molecule has 0 amide bonds. The van der Waals surface area contributed by atoms with Gasteiger partial charge in [0.1, 0.15) is 5.75 Å². The van der Waals surface area contributed by atoms with E-state index in [9.17, 15) is 13.6 Å². The minimum absolute atomic E-state index is 0.0699. The largest absolute Gasteiger partial charge is 0.450 e. The van der Waals surface area contributed by atoms with E-state index in [4.69, 9.17) is 10.00 Å². The molecular formula is C30H24F2N4O2. The molecule has 2 heterocycles. The van der Waals surface area contributed by atoms with Gasteiger partial charge >= 0.3 is 0 Å². The maximum atomic E-state index is 14.4. The molecule has 0 N–H and O–H groups in total. The molecule has 0 radical (unpaired) electrons. The number of aryl methyl sites for hydroxylation is 1. The fourth-order valence-electron chi connectivity index (χ4n) is 4.46. The molecule has 5 rings (SSSR count). The van der Waals surface area contributed by atoms with Crippen molar-refractivity contribution >= 4 is 5.78 Å². The summed E-state index contributed by atoms with van der Waals surface area (Å²) >= 11 is 0. The number of allylic oxidation sites excluding steroid dienone is 2. The Balaban J connectivity index is 1.36. The van der Waals surface area contributed by atoms with E-state index in [0.29, 0.717) is 19.3 Å². The molecule has 0 saturated carbocycles. The van der Waals surface area contributed by atoms with Crippen molar-refractivity contribution in [3.8, 4) is 28.8 Å². The summed E-state index contributed by atoms with van der Waals surface area (Å²) in [5, 5.41) is 13.3. The van der Waals surface area contributed by atoms with Gasteiger partial charge in [-0.05, 0) is 74.6 Å². The van der Waals surface area contributed by atoms with E-state index in [1.54, 1.807) is 30.6 Å². The van der Waals surface area contributed by atoms with Crippen molar-refractivity contribution in [3.05, 3.63) is 107 Å². The Labute approximate surface area is 218 Å². The van der Waals surface area contributed by atoms with Crippen LogP contribution in [0, 0.1) is 23.0 Å². The molecule has 0 aliphatic heterocycles. The lowest BCUT2D eigenvalue weighted by molar-refractivity contribution is 0.104. The van der Waals surface area contributed by atoms with Gasteiger partial charge in [-0.25, -0.2) is 8.78 Å². The number of carbonyl (C=O) groups excluding carboxylic acids is 1. The smallest absolute Gasteiger partial charge is 0.198 e. The average Bonchev–Trinajstić information content (AvgIpc) is 3.34. The van der Waals surface area contributed by atoms with Crippen molar-refractivity contribution in [1.29, 1.82) is 5.26 Å². The van der Waals surface area contributed by atoms with Crippen LogP contribution >= 0.6 is 0 Å². The van der Waals surface area contributed by atoms with E-state index < -0.39 is 17.4 Å². The summed E-state index contributed by atoms with van der Waals surface area (Å²) in [6.07, 6.45) is 8.90. The van der Waals surface area contributed by atoms with E-state index in [-0.39, 0.29) is 28.7 Å². The summed E-state index contributed by atoms with van der Waals surface area (Å²) in [7, 11) is 0. The number of nitriles is 1. The van der Waals surface area contributed by atoms with Crippen LogP contribution in [0.3, 0.4) is 0 Å². The first-order chi connectivity index (χ1) is 18.3. The number of ether oxygens (including phenoxy) is 1. The Morgan fingerprint density at radius 2 is 1.89 bits per heavy atom. The highest BCUT2D eigenvalue weighted by atomic mass is 19.1. The van der Waals surface area contributed by atoms with Crippen molar-refractivity contribution < 1.29 is 18.3 Å². The van der Waals surface area contributed by atoms with E-state index in [1.807, 2.05) is 29.1 Å². The normalized spacial score (nSPS) is 13.1. The van der Waals surface area contributed by atoms with Crippen molar-refractivity contribution in [1.82, 2.24) is 14.8 Å². The summed E-state index contributed by atoms with van der Waals surface area (Å²) in [6, 6.07) is 12.7. The lowest BCUT2D eigenvalue weighted by Crippen LogP contribution is -2.04. The number of benzene rings is 2. The lowest BCUT2D eigenvalue weighted by Gasteiger charge is -2.13. The molecule has 0 spiro atoms. The zero-order valence-electron chi connectivity index (χ0n) is 20.9. The number of aromatic nitrogens is 3. The fraction of sp³-hybridized carbons (Fsp3) is 0.200. The lowest BCUT2D eigenvalue weighted by atomic mass is 10.00. The Morgan fingerprint density at radius 1 is 1.11 bits per heavy atom. The summed E-state index contributed by atoms with van der Waals surface area (Å²) < 4.78 is 36.3. The molecular weight excluding hydrogens is 486 g/mol. The van der Waals surface area contributed by atoms with E-state index >= 15 is 0 Å². The van der Waals surface area contributed by atoms with Crippen molar-refractivity contribution in [2.24, 2.45) is 0 Å². The Bertz CT molecular complexity index is 1570. The second kappa shape index (κ2) is 10.4. The van der Waals surface area contributed by atoms with Crippen LogP contribution in [0.1, 0.15) is 53.4 Å². The van der Waals surface area contributed by atoms with Crippen LogP contribution in [0.25, 0.3) is 11.3 Å². The summed E-state index contributed by atoms with van der Waals surface area (Å²) in [6.45, 7) is 4.12. The van der Waals surface area contributed by atoms with Crippen LogP contribution < -0.4 is 4.74 Å². The predicted octanol–water partition coefficient (Wildman–Crippen LogP) is 6.77. The van der Waals surface area contributed by atoms with Gasteiger partial charge < -0.3 is 4.74 Å². The van der Waals surface area contributed by atoms with Crippen molar-refractivity contribution in [2.45, 2.75) is 39.2 Å². The van der Waals surface area contributed by atoms with Gasteiger partial charge in [0.15, 0.2) is 23.2 Å². The highest BCUT2D eigenvalue weighted by Gasteiger charge is 2.23. The Kier molecular flexibility index (Phi) is 6.84. The first-order valence-electron chi connectivity index (χ1n) is 12.2. The minimum atomic E-state index is -1.01. The first kappa shape index (κ1) is 25.0.